The molecule has 1 aromatic heterocycles. The maximum atomic E-state index is 5.38. The van der Waals surface area contributed by atoms with Gasteiger partial charge in [-0.25, -0.2) is 0 Å². The summed E-state index contributed by atoms with van der Waals surface area (Å²) < 4.78 is 15.5. The van der Waals surface area contributed by atoms with E-state index in [1.54, 1.807) is 14.2 Å². The molecular formula is C14H24N2O3. The van der Waals surface area contributed by atoms with Crippen LogP contribution in [0.4, 0.5) is 0 Å². The third kappa shape index (κ3) is 7.10. The highest BCUT2D eigenvalue weighted by molar-refractivity contribution is 5.26. The Kier molecular flexibility index (Phi) is 8.13. The second kappa shape index (κ2) is 9.72. The van der Waals surface area contributed by atoms with Crippen molar-refractivity contribution in [3.63, 3.8) is 0 Å². The highest BCUT2D eigenvalue weighted by Crippen LogP contribution is 2.12. The summed E-state index contributed by atoms with van der Waals surface area (Å²) in [6.45, 7) is 5.69. The van der Waals surface area contributed by atoms with Crippen LogP contribution in [-0.4, -0.2) is 45.6 Å². The normalized spacial score (nSPS) is 10.7. The number of nitrogens with one attached hydrogen (secondary N) is 1. The molecule has 0 saturated carbocycles. The van der Waals surface area contributed by atoms with Gasteiger partial charge in [0.1, 0.15) is 5.75 Å². The molecular weight excluding hydrogens is 244 g/mol. The lowest BCUT2D eigenvalue weighted by atomic mass is 10.3. The van der Waals surface area contributed by atoms with Crippen molar-refractivity contribution < 1.29 is 14.2 Å². The van der Waals surface area contributed by atoms with E-state index in [9.17, 15) is 0 Å². The minimum absolute atomic E-state index is 0.653. The van der Waals surface area contributed by atoms with Crippen LogP contribution < -0.4 is 10.1 Å². The van der Waals surface area contributed by atoms with Crippen LogP contribution in [-0.2, 0) is 16.0 Å². The zero-order chi connectivity index (χ0) is 13.9. The Hall–Kier alpha value is -1.17. The van der Waals surface area contributed by atoms with Gasteiger partial charge in [0.15, 0.2) is 0 Å². The number of aromatic nitrogens is 1. The molecule has 0 spiro atoms. The van der Waals surface area contributed by atoms with Gasteiger partial charge >= 0.3 is 0 Å². The molecule has 0 amide bonds. The lowest BCUT2D eigenvalue weighted by Crippen LogP contribution is -2.17. The third-order valence-electron chi connectivity index (χ3n) is 2.60. The zero-order valence-corrected chi connectivity index (χ0v) is 12.1. The molecule has 0 radical (unpaired) electrons. The summed E-state index contributed by atoms with van der Waals surface area (Å²) in [6, 6.07) is 3.88. The number of aryl methyl sites for hydroxylation is 1. The summed E-state index contributed by atoms with van der Waals surface area (Å²) in [5, 5.41) is 3.34. The first-order chi connectivity index (χ1) is 9.26. The van der Waals surface area contributed by atoms with E-state index in [1.165, 1.54) is 0 Å². The minimum atomic E-state index is 0.653. The first kappa shape index (κ1) is 15.9. The molecule has 0 bridgehead atoms. The van der Waals surface area contributed by atoms with Gasteiger partial charge < -0.3 is 19.5 Å². The summed E-state index contributed by atoms with van der Waals surface area (Å²) in [4.78, 5) is 4.45. The number of ether oxygens (including phenoxy) is 3. The average molecular weight is 268 g/mol. The van der Waals surface area contributed by atoms with Gasteiger partial charge in [0.05, 0.1) is 26.0 Å². The molecule has 0 aliphatic carbocycles. The standard InChI is InChI=1S/C14H24N2O3/c1-12-9-14(18-3)10-13(16-12)11-15-5-4-6-19-8-7-17-2/h9-10,15H,4-8,11H2,1-3H3. The van der Waals surface area contributed by atoms with E-state index in [4.69, 9.17) is 14.2 Å². The summed E-state index contributed by atoms with van der Waals surface area (Å²) in [7, 11) is 3.34. The van der Waals surface area contributed by atoms with Gasteiger partial charge in [0, 0.05) is 38.1 Å². The quantitative estimate of drug-likeness (QED) is 0.652. The number of rotatable bonds is 10. The lowest BCUT2D eigenvalue weighted by Gasteiger charge is -2.08. The average Bonchev–Trinajstić information content (AvgIpc) is 2.41. The van der Waals surface area contributed by atoms with Crippen LogP contribution in [0.2, 0.25) is 0 Å². The molecule has 108 valence electrons. The van der Waals surface area contributed by atoms with Crippen LogP contribution in [0.15, 0.2) is 12.1 Å². The van der Waals surface area contributed by atoms with Crippen LogP contribution in [0.3, 0.4) is 0 Å². The Morgan fingerprint density at radius 1 is 1.16 bits per heavy atom. The van der Waals surface area contributed by atoms with Gasteiger partial charge in [-0.2, -0.15) is 0 Å². The van der Waals surface area contributed by atoms with Crippen LogP contribution in [0.5, 0.6) is 5.75 Å². The van der Waals surface area contributed by atoms with E-state index >= 15 is 0 Å². The molecule has 5 nitrogen and oxygen atoms in total. The van der Waals surface area contributed by atoms with Crippen LogP contribution in [0, 0.1) is 6.92 Å². The van der Waals surface area contributed by atoms with E-state index in [0.717, 1.165) is 43.3 Å². The second-order valence-corrected chi connectivity index (χ2v) is 4.28. The molecule has 0 aromatic carbocycles. The van der Waals surface area contributed by atoms with Crippen LogP contribution in [0.25, 0.3) is 0 Å². The molecule has 0 unspecified atom stereocenters. The van der Waals surface area contributed by atoms with E-state index in [1.807, 2.05) is 19.1 Å². The molecule has 1 heterocycles. The highest BCUT2D eigenvalue weighted by Gasteiger charge is 2.00. The van der Waals surface area contributed by atoms with Crippen molar-refractivity contribution in [1.82, 2.24) is 10.3 Å². The summed E-state index contributed by atoms with van der Waals surface area (Å²) in [5.74, 6) is 0.854. The van der Waals surface area contributed by atoms with Gasteiger partial charge in [0.25, 0.3) is 0 Å². The number of pyridine rings is 1. The molecule has 1 aromatic rings. The molecule has 0 saturated heterocycles. The number of hydrogen-bond donors (Lipinski definition) is 1. The first-order valence-electron chi connectivity index (χ1n) is 6.55. The first-order valence-corrected chi connectivity index (χ1v) is 6.55. The molecule has 1 rings (SSSR count). The van der Waals surface area contributed by atoms with Crippen molar-refractivity contribution in [2.75, 3.05) is 40.6 Å². The Labute approximate surface area is 115 Å². The summed E-state index contributed by atoms with van der Waals surface area (Å²) in [5.41, 5.74) is 1.97. The molecule has 0 fully saturated rings. The fourth-order valence-corrected chi connectivity index (χ4v) is 1.67. The molecule has 0 aliphatic heterocycles. The fourth-order valence-electron chi connectivity index (χ4n) is 1.67. The molecule has 1 N–H and O–H groups in total. The van der Waals surface area contributed by atoms with Crippen LogP contribution >= 0.6 is 0 Å². The fraction of sp³-hybridized carbons (Fsp3) is 0.643. The van der Waals surface area contributed by atoms with Crippen molar-refractivity contribution in [3.8, 4) is 5.75 Å². The smallest absolute Gasteiger partial charge is 0.122 e. The predicted molar refractivity (Wildman–Crippen MR) is 74.5 cm³/mol. The van der Waals surface area contributed by atoms with Crippen molar-refractivity contribution in [2.45, 2.75) is 19.9 Å². The van der Waals surface area contributed by atoms with Crippen molar-refractivity contribution in [3.05, 3.63) is 23.5 Å². The Morgan fingerprint density at radius 2 is 2.00 bits per heavy atom. The zero-order valence-electron chi connectivity index (χ0n) is 12.1. The van der Waals surface area contributed by atoms with Gasteiger partial charge in [-0.05, 0) is 19.9 Å². The largest absolute Gasteiger partial charge is 0.497 e. The lowest BCUT2D eigenvalue weighted by molar-refractivity contribution is 0.0694. The van der Waals surface area contributed by atoms with Gasteiger partial charge in [0.2, 0.25) is 0 Å². The van der Waals surface area contributed by atoms with Gasteiger partial charge in [-0.15, -0.1) is 0 Å². The van der Waals surface area contributed by atoms with E-state index in [-0.39, 0.29) is 0 Å². The van der Waals surface area contributed by atoms with Crippen molar-refractivity contribution in [2.24, 2.45) is 0 Å². The highest BCUT2D eigenvalue weighted by atomic mass is 16.5. The van der Waals surface area contributed by atoms with E-state index < -0.39 is 0 Å². The van der Waals surface area contributed by atoms with Gasteiger partial charge in [-0.3, -0.25) is 4.98 Å². The Bertz CT molecular complexity index is 359. The minimum Gasteiger partial charge on any atom is -0.497 e. The SMILES string of the molecule is COCCOCCCNCc1cc(OC)cc(C)n1. The monoisotopic (exact) mass is 268 g/mol. The maximum Gasteiger partial charge on any atom is 0.122 e. The number of nitrogens with zero attached hydrogens (tertiary/aromatic N) is 1. The molecule has 19 heavy (non-hydrogen) atoms. The number of methoxy groups -OCH3 is 2. The van der Waals surface area contributed by atoms with Crippen molar-refractivity contribution >= 4 is 0 Å². The van der Waals surface area contributed by atoms with E-state index in [0.29, 0.717) is 13.2 Å². The van der Waals surface area contributed by atoms with Crippen LogP contribution in [0.1, 0.15) is 17.8 Å². The number of hydrogen-bond acceptors (Lipinski definition) is 5. The predicted octanol–water partition coefficient (Wildman–Crippen LogP) is 1.54. The molecule has 0 aliphatic rings. The summed E-state index contributed by atoms with van der Waals surface area (Å²) >= 11 is 0. The van der Waals surface area contributed by atoms with Gasteiger partial charge in [-0.1, -0.05) is 0 Å². The Balaban J connectivity index is 2.13. The summed E-state index contributed by atoms with van der Waals surface area (Å²) in [6.07, 6.45) is 0.979. The van der Waals surface area contributed by atoms with Crippen molar-refractivity contribution in [1.29, 1.82) is 0 Å². The second-order valence-electron chi connectivity index (χ2n) is 4.28. The maximum absolute atomic E-state index is 5.38. The van der Waals surface area contributed by atoms with E-state index in [2.05, 4.69) is 10.3 Å². The topological polar surface area (TPSA) is 52.6 Å². The Morgan fingerprint density at radius 3 is 2.74 bits per heavy atom. The third-order valence-corrected chi connectivity index (χ3v) is 2.60. The molecule has 0 atom stereocenters. The molecule has 5 heteroatoms.